The van der Waals surface area contributed by atoms with Crippen molar-refractivity contribution in [3.63, 3.8) is 0 Å². The molecule has 194 valence electrons. The first kappa shape index (κ1) is 31.1. The Bertz CT molecular complexity index is 581. The van der Waals surface area contributed by atoms with Gasteiger partial charge in [0, 0.05) is 32.7 Å². The summed E-state index contributed by atoms with van der Waals surface area (Å²) in [5.74, 6) is -28.8. The molecule has 0 saturated heterocycles. The summed E-state index contributed by atoms with van der Waals surface area (Å²) in [7, 11) is -5.41. The van der Waals surface area contributed by atoms with Crippen molar-refractivity contribution < 1.29 is 74.8 Å². The molecule has 0 rings (SSSR count). The highest BCUT2D eigenvalue weighted by Crippen LogP contribution is 2.58. The molecule has 0 radical (unpaired) electrons. The molecular formula is C14H19F13O4Si. The van der Waals surface area contributed by atoms with E-state index in [1.165, 1.54) is 0 Å². The van der Waals surface area contributed by atoms with Gasteiger partial charge in [0.1, 0.15) is 0 Å². The maximum absolute atomic E-state index is 14.0. The lowest BCUT2D eigenvalue weighted by atomic mass is 9.95. The summed E-state index contributed by atoms with van der Waals surface area (Å²) < 4.78 is 191. The van der Waals surface area contributed by atoms with Crippen LogP contribution in [0.5, 0.6) is 0 Å². The van der Waals surface area contributed by atoms with Gasteiger partial charge in [0.15, 0.2) is 0 Å². The number of hydrogen-bond donors (Lipinski definition) is 0. The van der Waals surface area contributed by atoms with Crippen LogP contribution in [0, 0.1) is 0 Å². The van der Waals surface area contributed by atoms with Gasteiger partial charge in [-0.2, -0.15) is 57.1 Å². The van der Waals surface area contributed by atoms with Gasteiger partial charge in [-0.1, -0.05) is 0 Å². The van der Waals surface area contributed by atoms with Gasteiger partial charge in [0.05, 0.1) is 0 Å². The molecule has 0 unspecified atom stereocenters. The predicted molar refractivity (Wildman–Crippen MR) is 81.7 cm³/mol. The van der Waals surface area contributed by atoms with Gasteiger partial charge in [-0.3, -0.25) is 4.43 Å². The molecule has 0 aromatic carbocycles. The Morgan fingerprint density at radius 3 is 1.22 bits per heavy atom. The maximum atomic E-state index is 14.0. The van der Waals surface area contributed by atoms with Crippen molar-refractivity contribution in [3.8, 4) is 0 Å². The van der Waals surface area contributed by atoms with Gasteiger partial charge in [0.25, 0.3) is 0 Å². The zero-order valence-electron chi connectivity index (χ0n) is 16.6. The number of halogens is 13. The molecule has 0 atom stereocenters. The molecular weight excluding hydrogens is 507 g/mol. The second-order valence-electron chi connectivity index (χ2n) is 5.96. The van der Waals surface area contributed by atoms with Crippen molar-refractivity contribution in [1.82, 2.24) is 0 Å². The van der Waals surface area contributed by atoms with Crippen LogP contribution in [-0.2, 0) is 17.7 Å². The third kappa shape index (κ3) is 6.38. The summed E-state index contributed by atoms with van der Waals surface area (Å²) in [4.78, 5) is 0. The highest BCUT2D eigenvalue weighted by Gasteiger charge is 2.87. The molecule has 0 aromatic rings. The topological polar surface area (TPSA) is 36.9 Å². The summed E-state index contributed by atoms with van der Waals surface area (Å²) >= 11 is 0. The minimum absolute atomic E-state index is 0.643. The molecule has 0 fully saturated rings. The number of hydrogen-bond acceptors (Lipinski definition) is 4. The zero-order valence-corrected chi connectivity index (χ0v) is 17.6. The molecule has 18 heteroatoms. The Hall–Kier alpha value is -0.853. The van der Waals surface area contributed by atoms with Crippen molar-refractivity contribution in [2.45, 2.75) is 69.6 Å². The first-order valence-electron chi connectivity index (χ1n) is 8.67. The van der Waals surface area contributed by atoms with Crippen LogP contribution in [0.3, 0.4) is 0 Å². The van der Waals surface area contributed by atoms with Crippen LogP contribution in [0.25, 0.3) is 0 Å². The minimum Gasteiger partial charge on any atom is -0.351 e. The van der Waals surface area contributed by atoms with Crippen LogP contribution in [0.4, 0.5) is 57.1 Å². The Labute approximate surface area is 174 Å². The molecule has 0 saturated carbocycles. The van der Waals surface area contributed by atoms with E-state index in [0.29, 0.717) is 0 Å². The average molecular weight is 526 g/mol. The summed E-state index contributed by atoms with van der Waals surface area (Å²) in [6.45, 7) is 1.29. The zero-order chi connectivity index (χ0) is 25.9. The van der Waals surface area contributed by atoms with Gasteiger partial charge in [-0.25, -0.2) is 0 Å². The van der Waals surface area contributed by atoms with E-state index in [-0.39, 0.29) is 0 Å². The van der Waals surface area contributed by atoms with Crippen LogP contribution < -0.4 is 0 Å². The lowest BCUT2D eigenvalue weighted by molar-refractivity contribution is -0.439. The average Bonchev–Trinajstić information content (AvgIpc) is 2.59. The van der Waals surface area contributed by atoms with E-state index in [9.17, 15) is 57.1 Å². The summed E-state index contributed by atoms with van der Waals surface area (Å²) in [5.41, 5.74) is 0. The minimum atomic E-state index is -7.61. The molecule has 0 N–H and O–H groups in total. The van der Waals surface area contributed by atoms with E-state index in [1.807, 2.05) is 0 Å². The summed E-state index contributed by atoms with van der Waals surface area (Å²) in [5, 5.41) is 0. The van der Waals surface area contributed by atoms with Gasteiger partial charge in [-0.05, 0) is 20.8 Å². The summed E-state index contributed by atoms with van der Waals surface area (Å²) in [6.07, 6.45) is -18.1. The second-order valence-corrected chi connectivity index (χ2v) is 8.03. The lowest BCUT2D eigenvalue weighted by Crippen LogP contribution is -2.69. The van der Waals surface area contributed by atoms with Crippen molar-refractivity contribution in [2.75, 3.05) is 19.8 Å². The monoisotopic (exact) mass is 526 g/mol. The van der Waals surface area contributed by atoms with E-state index in [4.69, 9.17) is 0 Å². The quantitative estimate of drug-likeness (QED) is 0.205. The Morgan fingerprint density at radius 2 is 0.906 bits per heavy atom. The van der Waals surface area contributed by atoms with Gasteiger partial charge in [-0.15, -0.1) is 0 Å². The Kier molecular flexibility index (Phi) is 9.91. The number of alkyl halides is 13. The third-order valence-electron chi connectivity index (χ3n) is 3.55. The molecule has 0 aromatic heterocycles. The lowest BCUT2D eigenvalue weighted by Gasteiger charge is -2.40. The van der Waals surface area contributed by atoms with Gasteiger partial charge < -0.3 is 13.3 Å². The molecule has 4 nitrogen and oxygen atoms in total. The Balaban J connectivity index is 6.23. The van der Waals surface area contributed by atoms with Crippen molar-refractivity contribution in [2.24, 2.45) is 0 Å². The van der Waals surface area contributed by atoms with Crippen molar-refractivity contribution >= 4 is 9.05 Å². The van der Waals surface area contributed by atoms with Crippen LogP contribution in [0.1, 0.15) is 33.6 Å². The largest absolute Gasteiger partial charge is 0.684 e. The first-order chi connectivity index (χ1) is 14.1. The van der Waals surface area contributed by atoms with Crippen LogP contribution >= 0.6 is 0 Å². The van der Waals surface area contributed by atoms with Crippen molar-refractivity contribution in [1.29, 1.82) is 0 Å². The van der Waals surface area contributed by atoms with Gasteiger partial charge in [0.2, 0.25) is 0 Å². The van der Waals surface area contributed by atoms with E-state index < -0.39 is 77.7 Å². The molecule has 0 aliphatic heterocycles. The Morgan fingerprint density at radius 1 is 0.531 bits per heavy atom. The van der Waals surface area contributed by atoms with Gasteiger partial charge >= 0.3 is 45.0 Å². The fourth-order valence-corrected chi connectivity index (χ4v) is 3.96. The number of rotatable bonds is 14. The fourth-order valence-electron chi connectivity index (χ4n) is 2.03. The molecule has 0 amide bonds. The molecule has 0 spiro atoms. The smallest absolute Gasteiger partial charge is 0.351 e. The van der Waals surface area contributed by atoms with E-state index >= 15 is 0 Å². The van der Waals surface area contributed by atoms with E-state index in [0.717, 1.165) is 20.8 Å². The molecule has 0 aliphatic rings. The van der Waals surface area contributed by atoms with Crippen LogP contribution in [-0.4, -0.2) is 64.8 Å². The standard InChI is InChI=1S/C14H19F13O4Si/c1-4-28-32(29-5-2,30-6-3)31-14(26,27)13(24,25)12(22,23)11(20,21)9(15,16)7-8-10(17,18)19/h4-8H2,1-3H3. The van der Waals surface area contributed by atoms with E-state index in [1.54, 1.807) is 0 Å². The van der Waals surface area contributed by atoms with Crippen molar-refractivity contribution in [3.05, 3.63) is 0 Å². The SMILES string of the molecule is CCO[Si](OCC)(OCC)OC(F)(F)C(F)(F)C(F)(F)C(F)(F)C(F)(F)CCC(F)(F)F. The first-order valence-corrected chi connectivity index (χ1v) is 10.3. The molecule has 0 bridgehead atoms. The van der Waals surface area contributed by atoms with E-state index in [2.05, 4.69) is 17.7 Å². The molecule has 0 aliphatic carbocycles. The molecule has 0 heterocycles. The maximum Gasteiger partial charge on any atom is 0.684 e. The van der Waals surface area contributed by atoms with Crippen LogP contribution in [0.2, 0.25) is 0 Å². The second kappa shape index (κ2) is 10.2. The normalized spacial score (nSPS) is 15.4. The summed E-state index contributed by atoms with van der Waals surface area (Å²) in [6, 6.07) is 0. The predicted octanol–water partition coefficient (Wildman–Crippen LogP) is 6.02. The third-order valence-corrected chi connectivity index (χ3v) is 5.99. The highest BCUT2D eigenvalue weighted by molar-refractivity contribution is 6.53. The highest BCUT2D eigenvalue weighted by atomic mass is 28.4. The molecule has 32 heavy (non-hydrogen) atoms. The van der Waals surface area contributed by atoms with Crippen LogP contribution in [0.15, 0.2) is 0 Å². The fraction of sp³-hybridized carbons (Fsp3) is 1.00.